The van der Waals surface area contributed by atoms with E-state index in [1.807, 2.05) is 16.8 Å². The van der Waals surface area contributed by atoms with Gasteiger partial charge in [0.25, 0.3) is 0 Å². The fraction of sp³-hybridized carbons (Fsp3) is 0.923. The van der Waals surface area contributed by atoms with Crippen LogP contribution in [0.4, 0.5) is 4.79 Å². The fourth-order valence-corrected chi connectivity index (χ4v) is 2.73. The summed E-state index contributed by atoms with van der Waals surface area (Å²) in [5.41, 5.74) is 0.334. The standard InChI is InChI=1S/C13H25N3O/c1-5-16-9-8-15(10-13(16)6-7-13)12(17)14(4)11(2)3/h11H,5-10H2,1-4H3. The Bertz CT molecular complexity index is 299. The van der Waals surface area contributed by atoms with E-state index >= 15 is 0 Å². The van der Waals surface area contributed by atoms with Gasteiger partial charge in [-0.25, -0.2) is 4.79 Å². The summed E-state index contributed by atoms with van der Waals surface area (Å²) in [5.74, 6) is 0. The Labute approximate surface area is 105 Å². The highest BCUT2D eigenvalue weighted by Gasteiger charge is 2.51. The first kappa shape index (κ1) is 12.7. The average Bonchev–Trinajstić information content (AvgIpc) is 3.07. The van der Waals surface area contributed by atoms with E-state index in [1.54, 1.807) is 0 Å². The third-order valence-corrected chi connectivity index (χ3v) is 4.35. The molecule has 1 saturated heterocycles. The number of likely N-dealkylation sites (N-methyl/N-ethyl adjacent to an activating group) is 1. The number of hydrogen-bond acceptors (Lipinski definition) is 2. The molecular formula is C13H25N3O. The molecule has 4 heteroatoms. The van der Waals surface area contributed by atoms with Gasteiger partial charge >= 0.3 is 6.03 Å². The second-order valence-corrected chi connectivity index (χ2v) is 5.71. The molecule has 17 heavy (non-hydrogen) atoms. The van der Waals surface area contributed by atoms with Crippen molar-refractivity contribution in [3.8, 4) is 0 Å². The molecule has 2 amide bonds. The first-order valence-corrected chi connectivity index (χ1v) is 6.77. The Kier molecular flexibility index (Phi) is 3.34. The summed E-state index contributed by atoms with van der Waals surface area (Å²) in [7, 11) is 1.90. The van der Waals surface area contributed by atoms with Gasteiger partial charge < -0.3 is 9.80 Å². The minimum absolute atomic E-state index is 0.196. The van der Waals surface area contributed by atoms with E-state index < -0.39 is 0 Å². The molecule has 1 heterocycles. The van der Waals surface area contributed by atoms with E-state index in [9.17, 15) is 4.79 Å². The molecule has 0 unspecified atom stereocenters. The molecule has 2 rings (SSSR count). The van der Waals surface area contributed by atoms with Crippen molar-refractivity contribution in [2.75, 3.05) is 33.2 Å². The second-order valence-electron chi connectivity index (χ2n) is 5.71. The van der Waals surface area contributed by atoms with Gasteiger partial charge in [0, 0.05) is 38.3 Å². The van der Waals surface area contributed by atoms with Gasteiger partial charge in [0.2, 0.25) is 0 Å². The Hall–Kier alpha value is -0.770. The van der Waals surface area contributed by atoms with E-state index in [0.717, 1.165) is 26.2 Å². The normalized spacial score (nSPS) is 23.2. The summed E-state index contributed by atoms with van der Waals surface area (Å²) >= 11 is 0. The van der Waals surface area contributed by atoms with Crippen molar-refractivity contribution in [3.05, 3.63) is 0 Å². The molecular weight excluding hydrogens is 214 g/mol. The van der Waals surface area contributed by atoms with Crippen molar-refractivity contribution >= 4 is 6.03 Å². The van der Waals surface area contributed by atoms with Crippen molar-refractivity contribution in [2.24, 2.45) is 0 Å². The van der Waals surface area contributed by atoms with Crippen molar-refractivity contribution in [2.45, 2.75) is 45.2 Å². The molecule has 1 aliphatic carbocycles. The molecule has 1 aliphatic heterocycles. The third kappa shape index (κ3) is 2.28. The smallest absolute Gasteiger partial charge is 0.320 e. The van der Waals surface area contributed by atoms with Crippen LogP contribution in [0.2, 0.25) is 0 Å². The summed E-state index contributed by atoms with van der Waals surface area (Å²) in [6.07, 6.45) is 2.52. The lowest BCUT2D eigenvalue weighted by Crippen LogP contribution is -2.58. The maximum absolute atomic E-state index is 12.3. The van der Waals surface area contributed by atoms with Crippen molar-refractivity contribution < 1.29 is 4.79 Å². The van der Waals surface area contributed by atoms with Gasteiger partial charge in [0.15, 0.2) is 0 Å². The molecule has 2 fully saturated rings. The maximum atomic E-state index is 12.3. The molecule has 0 radical (unpaired) electrons. The maximum Gasteiger partial charge on any atom is 0.320 e. The largest absolute Gasteiger partial charge is 0.325 e. The number of nitrogens with zero attached hydrogens (tertiary/aromatic N) is 3. The number of piperazine rings is 1. The van der Waals surface area contributed by atoms with Gasteiger partial charge in [0.05, 0.1) is 0 Å². The van der Waals surface area contributed by atoms with Crippen LogP contribution in [0.1, 0.15) is 33.6 Å². The number of hydrogen-bond donors (Lipinski definition) is 0. The lowest BCUT2D eigenvalue weighted by atomic mass is 10.1. The lowest BCUT2D eigenvalue weighted by molar-refractivity contribution is 0.0653. The Morgan fingerprint density at radius 3 is 2.47 bits per heavy atom. The third-order valence-electron chi connectivity index (χ3n) is 4.35. The van der Waals surface area contributed by atoms with E-state index in [0.29, 0.717) is 5.54 Å². The molecule has 0 atom stereocenters. The Morgan fingerprint density at radius 1 is 1.35 bits per heavy atom. The fourth-order valence-electron chi connectivity index (χ4n) is 2.73. The van der Waals surface area contributed by atoms with E-state index in [1.165, 1.54) is 12.8 Å². The van der Waals surface area contributed by atoms with Crippen molar-refractivity contribution in [3.63, 3.8) is 0 Å². The molecule has 98 valence electrons. The molecule has 0 N–H and O–H groups in total. The summed E-state index contributed by atoms with van der Waals surface area (Å²) in [6, 6.07) is 0.476. The Morgan fingerprint density at radius 2 is 2.00 bits per heavy atom. The first-order chi connectivity index (χ1) is 8.00. The van der Waals surface area contributed by atoms with Gasteiger partial charge in [0.1, 0.15) is 0 Å². The zero-order chi connectivity index (χ0) is 12.6. The quantitative estimate of drug-likeness (QED) is 0.732. The molecule has 2 aliphatic rings. The second kappa shape index (κ2) is 4.48. The molecule has 4 nitrogen and oxygen atoms in total. The predicted molar refractivity (Wildman–Crippen MR) is 69.1 cm³/mol. The molecule has 0 aromatic rings. The highest BCUT2D eigenvalue weighted by molar-refractivity contribution is 5.74. The van der Waals surface area contributed by atoms with E-state index in [4.69, 9.17) is 0 Å². The van der Waals surface area contributed by atoms with Crippen molar-refractivity contribution in [1.29, 1.82) is 0 Å². The van der Waals surface area contributed by atoms with Crippen LogP contribution >= 0.6 is 0 Å². The monoisotopic (exact) mass is 239 g/mol. The summed E-state index contributed by atoms with van der Waals surface area (Å²) in [4.78, 5) is 18.7. The molecule has 0 aromatic carbocycles. The number of urea groups is 1. The minimum Gasteiger partial charge on any atom is -0.325 e. The minimum atomic E-state index is 0.196. The van der Waals surface area contributed by atoms with E-state index in [-0.39, 0.29) is 12.1 Å². The summed E-state index contributed by atoms with van der Waals surface area (Å²) in [6.45, 7) is 10.3. The van der Waals surface area contributed by atoms with Crippen molar-refractivity contribution in [1.82, 2.24) is 14.7 Å². The molecule has 0 bridgehead atoms. The lowest BCUT2D eigenvalue weighted by Gasteiger charge is -2.43. The van der Waals surface area contributed by atoms with Crippen LogP contribution in [0.3, 0.4) is 0 Å². The van der Waals surface area contributed by atoms with E-state index in [2.05, 4.69) is 25.7 Å². The zero-order valence-corrected chi connectivity index (χ0v) is 11.6. The van der Waals surface area contributed by atoms with Crippen LogP contribution in [-0.4, -0.2) is 65.5 Å². The van der Waals surface area contributed by atoms with Crippen LogP contribution in [-0.2, 0) is 0 Å². The van der Waals surface area contributed by atoms with Gasteiger partial charge in [-0.1, -0.05) is 6.92 Å². The van der Waals surface area contributed by atoms with Crippen LogP contribution in [0, 0.1) is 0 Å². The van der Waals surface area contributed by atoms with Crippen LogP contribution in [0.25, 0.3) is 0 Å². The summed E-state index contributed by atoms with van der Waals surface area (Å²) in [5, 5.41) is 0. The number of rotatable bonds is 2. The Balaban J connectivity index is 1.99. The van der Waals surface area contributed by atoms with Crippen LogP contribution in [0.15, 0.2) is 0 Å². The molecule has 1 spiro atoms. The van der Waals surface area contributed by atoms with Gasteiger partial charge in [-0.15, -0.1) is 0 Å². The summed E-state index contributed by atoms with van der Waals surface area (Å²) < 4.78 is 0. The van der Waals surface area contributed by atoms with Gasteiger partial charge in [-0.05, 0) is 33.2 Å². The molecule has 0 aromatic heterocycles. The highest BCUT2D eigenvalue weighted by atomic mass is 16.2. The average molecular weight is 239 g/mol. The number of amides is 2. The van der Waals surface area contributed by atoms with Gasteiger partial charge in [-0.2, -0.15) is 0 Å². The van der Waals surface area contributed by atoms with Gasteiger partial charge in [-0.3, -0.25) is 4.90 Å². The van der Waals surface area contributed by atoms with Crippen LogP contribution in [0.5, 0.6) is 0 Å². The zero-order valence-electron chi connectivity index (χ0n) is 11.6. The highest BCUT2D eigenvalue weighted by Crippen LogP contribution is 2.44. The predicted octanol–water partition coefficient (Wildman–Crippen LogP) is 1.62. The first-order valence-electron chi connectivity index (χ1n) is 6.77. The van der Waals surface area contributed by atoms with Crippen LogP contribution < -0.4 is 0 Å². The SMILES string of the molecule is CCN1CCN(C(=O)N(C)C(C)C)CC12CC2. The number of carbonyl (C=O) groups is 1. The number of carbonyl (C=O) groups excluding carboxylic acids is 1. The molecule has 1 saturated carbocycles. The topological polar surface area (TPSA) is 26.8 Å².